The second kappa shape index (κ2) is 10.0. The Labute approximate surface area is 202 Å². The molecule has 1 N–H and O–H groups in total. The zero-order valence-corrected chi connectivity index (χ0v) is 19.8. The van der Waals surface area contributed by atoms with Crippen molar-refractivity contribution in [3.8, 4) is 22.9 Å². The molecule has 1 amide bonds. The van der Waals surface area contributed by atoms with E-state index in [1.54, 1.807) is 19.5 Å². The summed E-state index contributed by atoms with van der Waals surface area (Å²) in [5, 5.41) is 12.2. The van der Waals surface area contributed by atoms with Crippen molar-refractivity contribution < 1.29 is 19.0 Å². The lowest BCUT2D eigenvalue weighted by Gasteiger charge is -2.31. The van der Waals surface area contributed by atoms with E-state index in [2.05, 4.69) is 20.5 Å². The first-order valence-electron chi connectivity index (χ1n) is 11.4. The van der Waals surface area contributed by atoms with Crippen molar-refractivity contribution in [3.05, 3.63) is 42.7 Å². The molecule has 9 nitrogen and oxygen atoms in total. The third kappa shape index (κ3) is 4.88. The lowest BCUT2D eigenvalue weighted by molar-refractivity contribution is -0.113. The molecule has 1 fully saturated rings. The van der Waals surface area contributed by atoms with Gasteiger partial charge in [-0.1, -0.05) is 18.2 Å². The summed E-state index contributed by atoms with van der Waals surface area (Å²) >= 11 is 1.33. The fraction of sp³-hybridized carbons (Fsp3) is 0.417. The van der Waals surface area contributed by atoms with Gasteiger partial charge < -0.3 is 19.5 Å². The molecular weight excluding hydrogens is 454 g/mol. The zero-order valence-electron chi connectivity index (χ0n) is 19.0. The highest BCUT2D eigenvalue weighted by Crippen LogP contribution is 2.46. The number of pyridine rings is 1. The second-order valence-corrected chi connectivity index (χ2v) is 9.30. The van der Waals surface area contributed by atoms with E-state index in [9.17, 15) is 4.79 Å². The van der Waals surface area contributed by atoms with E-state index in [1.165, 1.54) is 18.2 Å². The summed E-state index contributed by atoms with van der Waals surface area (Å²) in [5.41, 5.74) is 1.59. The molecule has 2 aliphatic rings. The molecule has 2 aromatic heterocycles. The van der Waals surface area contributed by atoms with Crippen molar-refractivity contribution in [1.29, 1.82) is 0 Å². The Kier molecular flexibility index (Phi) is 6.68. The number of benzene rings is 1. The molecule has 178 valence electrons. The maximum Gasteiger partial charge on any atom is 0.251 e. The highest BCUT2D eigenvalue weighted by molar-refractivity contribution is 7.99. The Bertz CT molecular complexity index is 1150. The van der Waals surface area contributed by atoms with Crippen LogP contribution in [-0.2, 0) is 16.1 Å². The molecule has 0 atom stereocenters. The van der Waals surface area contributed by atoms with Gasteiger partial charge in [0.05, 0.1) is 18.9 Å². The first-order valence-corrected chi connectivity index (χ1v) is 12.4. The number of nitrogens with zero attached hydrogens (tertiary/aromatic N) is 4. The van der Waals surface area contributed by atoms with Crippen LogP contribution < -0.4 is 14.8 Å². The number of ether oxygens (including phenoxy) is 3. The van der Waals surface area contributed by atoms with Gasteiger partial charge in [0.15, 0.2) is 22.5 Å². The number of rotatable bonds is 8. The molecule has 0 radical (unpaired) electrons. The summed E-state index contributed by atoms with van der Waals surface area (Å²) in [4.78, 5) is 16.7. The van der Waals surface area contributed by atoms with Gasteiger partial charge in [0, 0.05) is 49.7 Å². The molecular formula is C24H27N5O4S. The van der Waals surface area contributed by atoms with Gasteiger partial charge in [-0.15, -0.1) is 10.2 Å². The molecule has 0 unspecified atom stereocenters. The minimum Gasteiger partial charge on any atom is -0.448 e. The third-order valence-corrected chi connectivity index (χ3v) is 6.91. The minimum absolute atomic E-state index is 0.136. The summed E-state index contributed by atoms with van der Waals surface area (Å²) in [6, 6.07) is 9.31. The van der Waals surface area contributed by atoms with Crippen LogP contribution in [0, 0.1) is 0 Å². The van der Waals surface area contributed by atoms with Crippen molar-refractivity contribution in [2.45, 2.75) is 49.6 Å². The molecule has 1 saturated carbocycles. The van der Waals surface area contributed by atoms with Crippen LogP contribution in [0.2, 0.25) is 0 Å². The van der Waals surface area contributed by atoms with Gasteiger partial charge in [0.2, 0.25) is 5.91 Å². The summed E-state index contributed by atoms with van der Waals surface area (Å²) in [5.74, 6) is 1.67. The molecule has 34 heavy (non-hydrogen) atoms. The van der Waals surface area contributed by atoms with E-state index in [4.69, 9.17) is 14.2 Å². The Morgan fingerprint density at radius 1 is 1.12 bits per heavy atom. The van der Waals surface area contributed by atoms with Crippen LogP contribution in [-0.4, -0.2) is 50.9 Å². The van der Waals surface area contributed by atoms with Crippen molar-refractivity contribution >= 4 is 23.4 Å². The molecule has 1 spiro atoms. The third-order valence-electron chi connectivity index (χ3n) is 5.94. The SMILES string of the molecule is COCCn1c(SCC(=O)Nc2ccc3c(c2)OC2(CCCCC2)O3)nnc1-c1ccncc1. The van der Waals surface area contributed by atoms with Gasteiger partial charge in [-0.25, -0.2) is 0 Å². The average molecular weight is 482 g/mol. The Hall–Kier alpha value is -3.11. The number of amides is 1. The highest BCUT2D eigenvalue weighted by Gasteiger charge is 2.42. The van der Waals surface area contributed by atoms with Gasteiger partial charge in [-0.2, -0.15) is 0 Å². The van der Waals surface area contributed by atoms with Gasteiger partial charge in [0.1, 0.15) is 0 Å². The van der Waals surface area contributed by atoms with E-state index < -0.39 is 5.79 Å². The number of anilines is 1. The van der Waals surface area contributed by atoms with Crippen LogP contribution in [0.3, 0.4) is 0 Å². The largest absolute Gasteiger partial charge is 0.448 e. The number of nitrogens with one attached hydrogen (secondary N) is 1. The number of thioether (sulfide) groups is 1. The Morgan fingerprint density at radius 2 is 1.91 bits per heavy atom. The van der Waals surface area contributed by atoms with Crippen LogP contribution in [0.25, 0.3) is 11.4 Å². The quantitative estimate of drug-likeness (QED) is 0.479. The molecule has 10 heteroatoms. The molecule has 0 bridgehead atoms. The van der Waals surface area contributed by atoms with Crippen LogP contribution >= 0.6 is 11.8 Å². The van der Waals surface area contributed by atoms with E-state index >= 15 is 0 Å². The lowest BCUT2D eigenvalue weighted by atomic mass is 9.94. The van der Waals surface area contributed by atoms with E-state index in [0.717, 1.165) is 42.8 Å². The predicted molar refractivity (Wildman–Crippen MR) is 128 cm³/mol. The highest BCUT2D eigenvalue weighted by atomic mass is 32.2. The normalized spacial score (nSPS) is 16.0. The van der Waals surface area contributed by atoms with Gasteiger partial charge in [-0.05, 0) is 37.1 Å². The number of carbonyl (C=O) groups is 1. The summed E-state index contributed by atoms with van der Waals surface area (Å²) in [6.45, 7) is 1.09. The van der Waals surface area contributed by atoms with Gasteiger partial charge in [0.25, 0.3) is 5.79 Å². The Morgan fingerprint density at radius 3 is 2.71 bits per heavy atom. The zero-order chi connectivity index (χ0) is 23.4. The Balaban J connectivity index is 1.23. The first-order chi connectivity index (χ1) is 16.7. The monoisotopic (exact) mass is 481 g/mol. The number of methoxy groups -OCH3 is 1. The number of carbonyl (C=O) groups excluding carboxylic acids is 1. The van der Waals surface area contributed by atoms with Crippen molar-refractivity contribution in [1.82, 2.24) is 19.7 Å². The van der Waals surface area contributed by atoms with Crippen LogP contribution in [0.4, 0.5) is 5.69 Å². The number of aromatic nitrogens is 4. The number of hydrogen-bond acceptors (Lipinski definition) is 8. The van der Waals surface area contributed by atoms with Crippen LogP contribution in [0.5, 0.6) is 11.5 Å². The fourth-order valence-corrected chi connectivity index (χ4v) is 5.05. The van der Waals surface area contributed by atoms with E-state index in [1.807, 2.05) is 34.9 Å². The topological polar surface area (TPSA) is 100 Å². The first kappa shape index (κ1) is 22.7. The van der Waals surface area contributed by atoms with Crippen LogP contribution in [0.1, 0.15) is 32.1 Å². The molecule has 1 aliphatic carbocycles. The number of hydrogen-bond donors (Lipinski definition) is 1. The van der Waals surface area contributed by atoms with Crippen LogP contribution in [0.15, 0.2) is 47.9 Å². The molecule has 1 aliphatic heterocycles. The minimum atomic E-state index is -0.530. The second-order valence-electron chi connectivity index (χ2n) is 8.36. The molecule has 3 aromatic rings. The predicted octanol–water partition coefficient (Wildman–Crippen LogP) is 4.15. The summed E-state index contributed by atoms with van der Waals surface area (Å²) in [6.07, 6.45) is 8.64. The summed E-state index contributed by atoms with van der Waals surface area (Å²) < 4.78 is 19.5. The molecule has 1 aromatic carbocycles. The lowest BCUT2D eigenvalue weighted by Crippen LogP contribution is -2.40. The van der Waals surface area contributed by atoms with Gasteiger partial charge in [-0.3, -0.25) is 14.3 Å². The van der Waals surface area contributed by atoms with Crippen molar-refractivity contribution in [3.63, 3.8) is 0 Å². The standard InChI is InChI=1S/C24H27N5O4S/c1-31-14-13-29-22(17-7-11-25-12-8-17)27-28-23(29)34-16-21(30)26-18-5-6-19-20(15-18)33-24(32-19)9-3-2-4-10-24/h5-8,11-12,15H,2-4,9-10,13-14,16H2,1H3,(H,26,30). The molecule has 0 saturated heterocycles. The smallest absolute Gasteiger partial charge is 0.251 e. The van der Waals surface area contributed by atoms with E-state index in [-0.39, 0.29) is 11.7 Å². The average Bonchev–Trinajstić information content (AvgIpc) is 3.42. The van der Waals surface area contributed by atoms with Crippen molar-refractivity contribution in [2.75, 3.05) is 24.8 Å². The van der Waals surface area contributed by atoms with E-state index in [0.29, 0.717) is 29.7 Å². The fourth-order valence-electron chi connectivity index (χ4n) is 4.29. The van der Waals surface area contributed by atoms with Crippen molar-refractivity contribution in [2.24, 2.45) is 0 Å². The molecule has 3 heterocycles. The van der Waals surface area contributed by atoms with Gasteiger partial charge >= 0.3 is 0 Å². The summed E-state index contributed by atoms with van der Waals surface area (Å²) in [7, 11) is 1.65. The maximum atomic E-state index is 12.7. The molecule has 5 rings (SSSR count). The maximum absolute atomic E-state index is 12.7. The number of fused-ring (bicyclic) bond motifs is 1.